The number of aromatic nitrogens is 4. The van der Waals surface area contributed by atoms with Gasteiger partial charge < -0.3 is 0 Å². The fraction of sp³-hybridized carbons (Fsp3) is 0. The second-order valence-electron chi connectivity index (χ2n) is 9.23. The van der Waals surface area contributed by atoms with Crippen molar-refractivity contribution in [1.82, 2.24) is 19.9 Å². The van der Waals surface area contributed by atoms with E-state index in [1.54, 1.807) is 24.5 Å². The number of hydrogen-bond acceptors (Lipinski definition) is 6. The third-order valence-electron chi connectivity index (χ3n) is 6.57. The summed E-state index contributed by atoms with van der Waals surface area (Å²) in [5, 5.41) is 18.3. The van der Waals surface area contributed by atoms with Gasteiger partial charge in [0.25, 0.3) is 0 Å². The van der Waals surface area contributed by atoms with Crippen molar-refractivity contribution in [3.63, 3.8) is 0 Å². The summed E-state index contributed by atoms with van der Waals surface area (Å²) in [5.41, 5.74) is 7.72. The highest BCUT2D eigenvalue weighted by atomic mass is 79.9. The summed E-state index contributed by atoms with van der Waals surface area (Å²) in [4.78, 5) is 18.7. The van der Waals surface area contributed by atoms with E-state index in [1.165, 1.54) is 0 Å². The predicted molar refractivity (Wildman–Crippen MR) is 162 cm³/mol. The predicted octanol–water partition coefficient (Wildman–Crippen LogP) is 8.11. The minimum Gasteiger partial charge on any atom is -0.265 e. The van der Waals surface area contributed by atoms with Gasteiger partial charge in [0.2, 0.25) is 0 Å². The summed E-state index contributed by atoms with van der Waals surface area (Å²) >= 11 is 3.65. The molecule has 0 aliphatic carbocycles. The first-order valence-corrected chi connectivity index (χ1v) is 13.5. The molecule has 6 aromatic rings. The molecule has 0 amide bonds. The van der Waals surface area contributed by atoms with Crippen molar-refractivity contribution in [2.24, 2.45) is 0 Å². The Labute approximate surface area is 245 Å². The van der Waals surface area contributed by atoms with Gasteiger partial charge in [-0.15, -0.1) is 0 Å². The first-order chi connectivity index (χ1) is 20.1. The second kappa shape index (κ2) is 11.3. The number of nitriles is 2. The Morgan fingerprint density at radius 1 is 0.439 bits per heavy atom. The normalized spacial score (nSPS) is 10.5. The lowest BCUT2D eigenvalue weighted by molar-refractivity contribution is 1.07. The first kappa shape index (κ1) is 25.8. The van der Waals surface area contributed by atoms with Crippen molar-refractivity contribution in [2.75, 3.05) is 0 Å². The van der Waals surface area contributed by atoms with E-state index in [2.05, 4.69) is 39.1 Å². The molecule has 0 saturated carbocycles. The van der Waals surface area contributed by atoms with Crippen LogP contribution in [0.25, 0.3) is 56.4 Å². The average Bonchev–Trinajstić information content (AvgIpc) is 3.05. The summed E-state index contributed by atoms with van der Waals surface area (Å²) in [5.74, 6) is 1.57. The van der Waals surface area contributed by atoms with Crippen molar-refractivity contribution in [3.05, 3.63) is 131 Å². The molecule has 7 heteroatoms. The lowest BCUT2D eigenvalue weighted by Crippen LogP contribution is -2.00. The second-order valence-corrected chi connectivity index (χ2v) is 10.1. The number of nitrogens with zero attached hydrogens (tertiary/aromatic N) is 6. The van der Waals surface area contributed by atoms with Gasteiger partial charge in [-0.3, -0.25) is 4.98 Å². The van der Waals surface area contributed by atoms with Crippen LogP contribution in [0.2, 0.25) is 0 Å². The molecule has 0 radical (unpaired) electrons. The molecule has 0 bridgehead atoms. The van der Waals surface area contributed by atoms with Crippen LogP contribution in [0.3, 0.4) is 0 Å². The number of benzene rings is 4. The topological polar surface area (TPSA) is 99.1 Å². The molecule has 2 heterocycles. The Morgan fingerprint density at radius 2 is 0.829 bits per heavy atom. The molecule has 0 saturated heterocycles. The van der Waals surface area contributed by atoms with Crippen molar-refractivity contribution in [1.29, 1.82) is 10.5 Å². The van der Waals surface area contributed by atoms with E-state index in [0.717, 1.165) is 43.4 Å². The minimum absolute atomic E-state index is 0.510. The van der Waals surface area contributed by atoms with E-state index < -0.39 is 0 Å². The van der Waals surface area contributed by atoms with Gasteiger partial charge in [0.05, 0.1) is 23.3 Å². The van der Waals surface area contributed by atoms with E-state index in [4.69, 9.17) is 20.2 Å². The molecule has 0 fully saturated rings. The van der Waals surface area contributed by atoms with Gasteiger partial charge in [-0.1, -0.05) is 52.3 Å². The highest BCUT2D eigenvalue weighted by molar-refractivity contribution is 9.10. The zero-order valence-corrected chi connectivity index (χ0v) is 23.1. The zero-order valence-electron chi connectivity index (χ0n) is 21.5. The highest BCUT2D eigenvalue weighted by Crippen LogP contribution is 2.31. The van der Waals surface area contributed by atoms with E-state index in [1.807, 2.05) is 84.9 Å². The van der Waals surface area contributed by atoms with Crippen molar-refractivity contribution < 1.29 is 0 Å². The molecule has 192 valence electrons. The van der Waals surface area contributed by atoms with E-state index in [-0.39, 0.29) is 0 Å². The molecule has 0 N–H and O–H groups in total. The van der Waals surface area contributed by atoms with Crippen LogP contribution in [0.1, 0.15) is 11.1 Å². The molecule has 6 rings (SSSR count). The van der Waals surface area contributed by atoms with Crippen LogP contribution in [0.5, 0.6) is 0 Å². The van der Waals surface area contributed by atoms with Gasteiger partial charge in [0.1, 0.15) is 0 Å². The fourth-order valence-corrected chi connectivity index (χ4v) is 4.93. The Kier molecular flexibility index (Phi) is 7.11. The van der Waals surface area contributed by atoms with Crippen LogP contribution >= 0.6 is 15.9 Å². The minimum atomic E-state index is 0.510. The van der Waals surface area contributed by atoms with E-state index in [0.29, 0.717) is 28.6 Å². The largest absolute Gasteiger partial charge is 0.265 e. The van der Waals surface area contributed by atoms with Gasteiger partial charge in [0.15, 0.2) is 17.5 Å². The van der Waals surface area contributed by atoms with Crippen LogP contribution in [0, 0.1) is 22.7 Å². The monoisotopic (exact) mass is 590 g/mol. The van der Waals surface area contributed by atoms with Crippen LogP contribution in [-0.2, 0) is 0 Å². The molecule has 0 unspecified atom stereocenters. The van der Waals surface area contributed by atoms with E-state index in [9.17, 15) is 5.26 Å². The molecule has 0 spiro atoms. The zero-order chi connectivity index (χ0) is 28.2. The number of pyridine rings is 1. The van der Waals surface area contributed by atoms with Crippen LogP contribution < -0.4 is 0 Å². The molecular formula is C34H19BrN6. The molecule has 0 aliphatic heterocycles. The number of halogens is 1. The summed E-state index contributed by atoms with van der Waals surface area (Å²) in [6.45, 7) is 0. The average molecular weight is 591 g/mol. The van der Waals surface area contributed by atoms with Crippen LogP contribution in [0.4, 0.5) is 0 Å². The standard InChI is InChI=1S/C34H19BrN6/c35-31-18-29(26-13-15-38-16-14-26)17-30(19-31)34-40-32(27-7-3-23(21-37)4-8-27)39-33(41-34)28-11-9-25(10-12-28)24-5-1-22(20-36)2-6-24/h1-19H. The Balaban J connectivity index is 1.46. The quantitative estimate of drug-likeness (QED) is 0.201. The summed E-state index contributed by atoms with van der Waals surface area (Å²) in [6.07, 6.45) is 3.53. The van der Waals surface area contributed by atoms with Gasteiger partial charge in [0, 0.05) is 33.6 Å². The van der Waals surface area contributed by atoms with Gasteiger partial charge >= 0.3 is 0 Å². The van der Waals surface area contributed by atoms with Gasteiger partial charge in [-0.25, -0.2) is 15.0 Å². The SMILES string of the molecule is N#Cc1ccc(-c2ccc(-c3nc(-c4ccc(C#N)cc4)nc(-c4cc(Br)cc(-c5ccncc5)c4)n3)cc2)cc1. The Hall–Kier alpha value is -5.50. The highest BCUT2D eigenvalue weighted by Gasteiger charge is 2.14. The summed E-state index contributed by atoms with van der Waals surface area (Å²) in [6, 6.07) is 37.0. The Bertz CT molecular complexity index is 1940. The maximum Gasteiger partial charge on any atom is 0.164 e. The van der Waals surface area contributed by atoms with Gasteiger partial charge in [-0.2, -0.15) is 10.5 Å². The van der Waals surface area contributed by atoms with Crippen molar-refractivity contribution in [2.45, 2.75) is 0 Å². The van der Waals surface area contributed by atoms with Gasteiger partial charge in [-0.05, 0) is 89.0 Å². The lowest BCUT2D eigenvalue weighted by Gasteiger charge is -2.11. The molecule has 41 heavy (non-hydrogen) atoms. The molecule has 0 atom stereocenters. The Morgan fingerprint density at radius 3 is 1.34 bits per heavy atom. The summed E-state index contributed by atoms with van der Waals surface area (Å²) in [7, 11) is 0. The molecule has 4 aromatic carbocycles. The molecule has 2 aromatic heterocycles. The molecular weight excluding hydrogens is 572 g/mol. The van der Waals surface area contributed by atoms with Crippen LogP contribution in [-0.4, -0.2) is 19.9 Å². The molecule has 0 aliphatic rings. The summed E-state index contributed by atoms with van der Waals surface area (Å²) < 4.78 is 0.899. The maximum absolute atomic E-state index is 9.25. The van der Waals surface area contributed by atoms with Crippen molar-refractivity contribution >= 4 is 15.9 Å². The number of rotatable bonds is 5. The van der Waals surface area contributed by atoms with Crippen molar-refractivity contribution in [3.8, 4) is 68.6 Å². The smallest absolute Gasteiger partial charge is 0.164 e. The third kappa shape index (κ3) is 5.62. The fourth-order valence-electron chi connectivity index (χ4n) is 4.44. The van der Waals surface area contributed by atoms with Crippen LogP contribution in [0.15, 0.2) is 120 Å². The first-order valence-electron chi connectivity index (χ1n) is 12.7. The lowest BCUT2D eigenvalue weighted by atomic mass is 10.0. The maximum atomic E-state index is 9.25. The number of hydrogen-bond donors (Lipinski definition) is 0. The third-order valence-corrected chi connectivity index (χ3v) is 7.03. The van der Waals surface area contributed by atoms with E-state index >= 15 is 0 Å². The molecule has 6 nitrogen and oxygen atoms in total.